The third-order valence-electron chi connectivity index (χ3n) is 4.98. The summed E-state index contributed by atoms with van der Waals surface area (Å²) in [6, 6.07) is 12.4. The predicted octanol–water partition coefficient (Wildman–Crippen LogP) is 4.32. The third kappa shape index (κ3) is 3.59. The number of carbonyl (C=O) groups excluding carboxylic acids is 1. The largest absolute Gasteiger partial charge is 0.464 e. The molecule has 0 bridgehead atoms. The molecule has 0 aliphatic heterocycles. The Labute approximate surface area is 155 Å². The number of benzene rings is 2. The summed E-state index contributed by atoms with van der Waals surface area (Å²) in [7, 11) is 5.88. The van der Waals surface area contributed by atoms with Crippen molar-refractivity contribution in [3.05, 3.63) is 64.9 Å². The van der Waals surface area contributed by atoms with Gasteiger partial charge in [-0.25, -0.2) is 0 Å². The van der Waals surface area contributed by atoms with Crippen LogP contribution in [0.25, 0.3) is 11.0 Å². The summed E-state index contributed by atoms with van der Waals surface area (Å²) in [4.78, 5) is 16.5. The number of amides is 1. The normalized spacial score (nSPS) is 11.0. The molecule has 3 rings (SSSR count). The number of hydrogen-bond acceptors (Lipinski definition) is 3. The molecular weight excluding hydrogens is 324 g/mol. The molecule has 0 saturated carbocycles. The maximum absolute atomic E-state index is 12.7. The molecule has 4 nitrogen and oxygen atoms in total. The third-order valence-corrected chi connectivity index (χ3v) is 4.98. The second-order valence-electron chi connectivity index (χ2n) is 7.13. The number of rotatable bonds is 5. The summed E-state index contributed by atoms with van der Waals surface area (Å²) in [5, 5.41) is 1.03. The lowest BCUT2D eigenvalue weighted by molar-refractivity contribution is -0.129. The molecule has 1 heterocycles. The second kappa shape index (κ2) is 7.24. The molecule has 3 aromatic rings. The van der Waals surface area contributed by atoms with Crippen LogP contribution in [0.4, 0.5) is 5.69 Å². The number of fused-ring (bicyclic) bond motifs is 1. The molecule has 0 saturated heterocycles. The van der Waals surface area contributed by atoms with Crippen LogP contribution in [-0.4, -0.2) is 32.0 Å². The maximum Gasteiger partial charge on any atom is 0.227 e. The van der Waals surface area contributed by atoms with E-state index in [2.05, 4.69) is 49.1 Å². The van der Waals surface area contributed by atoms with E-state index in [4.69, 9.17) is 4.42 Å². The molecule has 0 atom stereocenters. The molecule has 0 aliphatic rings. The van der Waals surface area contributed by atoms with E-state index in [1.165, 1.54) is 5.56 Å². The van der Waals surface area contributed by atoms with Crippen molar-refractivity contribution in [2.24, 2.45) is 0 Å². The SMILES string of the molecule is Cc1ccc2c(CC(=O)N(C)Cc3ccc(N(C)C)cc3)coc2c1C. The van der Waals surface area contributed by atoms with E-state index in [9.17, 15) is 4.79 Å². The summed E-state index contributed by atoms with van der Waals surface area (Å²) in [5.41, 5.74) is 6.43. The number of hydrogen-bond donors (Lipinski definition) is 0. The van der Waals surface area contributed by atoms with Crippen LogP contribution in [0.5, 0.6) is 0 Å². The van der Waals surface area contributed by atoms with Gasteiger partial charge in [-0.05, 0) is 42.7 Å². The number of anilines is 1. The standard InChI is InChI=1S/C22H26N2O2/c1-15-6-11-20-18(14-26-22(20)16(15)2)12-21(25)24(5)13-17-7-9-19(10-8-17)23(3)4/h6-11,14H,12-13H2,1-5H3. The molecule has 0 N–H and O–H groups in total. The molecule has 136 valence electrons. The summed E-state index contributed by atoms with van der Waals surface area (Å²) in [5.74, 6) is 0.0858. The Morgan fingerprint density at radius 1 is 1.00 bits per heavy atom. The Morgan fingerprint density at radius 2 is 1.69 bits per heavy atom. The zero-order valence-electron chi connectivity index (χ0n) is 16.2. The molecule has 0 spiro atoms. The van der Waals surface area contributed by atoms with E-state index < -0.39 is 0 Å². The van der Waals surface area contributed by atoms with Crippen molar-refractivity contribution in [3.63, 3.8) is 0 Å². The minimum absolute atomic E-state index is 0.0858. The number of furan rings is 1. The summed E-state index contributed by atoms with van der Waals surface area (Å²) >= 11 is 0. The molecule has 4 heteroatoms. The van der Waals surface area contributed by atoms with Gasteiger partial charge in [0.25, 0.3) is 0 Å². The molecular formula is C22H26N2O2. The highest BCUT2D eigenvalue weighted by Gasteiger charge is 2.15. The van der Waals surface area contributed by atoms with Crippen LogP contribution in [0, 0.1) is 13.8 Å². The molecule has 0 unspecified atom stereocenters. The van der Waals surface area contributed by atoms with Gasteiger partial charge in [0, 0.05) is 44.3 Å². The highest BCUT2D eigenvalue weighted by Crippen LogP contribution is 2.27. The van der Waals surface area contributed by atoms with Crippen LogP contribution in [0.1, 0.15) is 22.3 Å². The van der Waals surface area contributed by atoms with Crippen molar-refractivity contribution in [1.29, 1.82) is 0 Å². The molecule has 0 aliphatic carbocycles. The van der Waals surface area contributed by atoms with Crippen molar-refractivity contribution in [3.8, 4) is 0 Å². The monoisotopic (exact) mass is 350 g/mol. The van der Waals surface area contributed by atoms with Gasteiger partial charge >= 0.3 is 0 Å². The van der Waals surface area contributed by atoms with Gasteiger partial charge in [0.2, 0.25) is 5.91 Å². The molecule has 2 aromatic carbocycles. The minimum atomic E-state index is 0.0858. The number of likely N-dealkylation sites (N-methyl/N-ethyl adjacent to an activating group) is 1. The highest BCUT2D eigenvalue weighted by molar-refractivity contribution is 5.89. The van der Waals surface area contributed by atoms with Gasteiger partial charge in [-0.3, -0.25) is 4.79 Å². The van der Waals surface area contributed by atoms with Crippen molar-refractivity contribution in [1.82, 2.24) is 4.90 Å². The summed E-state index contributed by atoms with van der Waals surface area (Å²) in [6.45, 7) is 4.72. The highest BCUT2D eigenvalue weighted by atomic mass is 16.3. The zero-order valence-corrected chi connectivity index (χ0v) is 16.2. The average Bonchev–Trinajstić information content (AvgIpc) is 3.02. The fourth-order valence-corrected chi connectivity index (χ4v) is 3.08. The molecule has 0 radical (unpaired) electrons. The first-order valence-corrected chi connectivity index (χ1v) is 8.83. The molecule has 0 fully saturated rings. The second-order valence-corrected chi connectivity index (χ2v) is 7.13. The van der Waals surface area contributed by atoms with Gasteiger partial charge in [-0.2, -0.15) is 0 Å². The van der Waals surface area contributed by atoms with E-state index in [1.807, 2.05) is 27.2 Å². The lowest BCUT2D eigenvalue weighted by Crippen LogP contribution is -2.27. The van der Waals surface area contributed by atoms with Crippen molar-refractivity contribution >= 4 is 22.6 Å². The maximum atomic E-state index is 12.7. The Bertz CT molecular complexity index is 923. The van der Waals surface area contributed by atoms with E-state index in [-0.39, 0.29) is 5.91 Å². The fraction of sp³-hybridized carbons (Fsp3) is 0.318. The number of aryl methyl sites for hydroxylation is 2. The number of carbonyl (C=O) groups is 1. The Balaban J connectivity index is 1.70. The number of nitrogens with zero attached hydrogens (tertiary/aromatic N) is 2. The van der Waals surface area contributed by atoms with Gasteiger partial charge in [0.15, 0.2) is 0 Å². The summed E-state index contributed by atoms with van der Waals surface area (Å²) in [6.07, 6.45) is 2.07. The first-order valence-electron chi connectivity index (χ1n) is 8.83. The molecule has 26 heavy (non-hydrogen) atoms. The Kier molecular flexibility index (Phi) is 5.03. The van der Waals surface area contributed by atoms with Crippen molar-refractivity contribution in [2.45, 2.75) is 26.8 Å². The van der Waals surface area contributed by atoms with Crippen LogP contribution in [0.2, 0.25) is 0 Å². The average molecular weight is 350 g/mol. The van der Waals surface area contributed by atoms with Crippen LogP contribution >= 0.6 is 0 Å². The van der Waals surface area contributed by atoms with Crippen molar-refractivity contribution < 1.29 is 9.21 Å². The quantitative estimate of drug-likeness (QED) is 0.688. The first kappa shape index (κ1) is 18.1. The van der Waals surface area contributed by atoms with E-state index in [1.54, 1.807) is 11.2 Å². The van der Waals surface area contributed by atoms with Gasteiger partial charge in [0.05, 0.1) is 12.7 Å². The van der Waals surface area contributed by atoms with Gasteiger partial charge in [0.1, 0.15) is 5.58 Å². The lowest BCUT2D eigenvalue weighted by atomic mass is 10.0. The van der Waals surface area contributed by atoms with Crippen molar-refractivity contribution in [2.75, 3.05) is 26.0 Å². The first-order chi connectivity index (χ1) is 12.4. The van der Waals surface area contributed by atoms with Gasteiger partial charge < -0.3 is 14.2 Å². The van der Waals surface area contributed by atoms with Crippen LogP contribution < -0.4 is 4.90 Å². The van der Waals surface area contributed by atoms with Gasteiger partial charge in [-0.1, -0.05) is 24.3 Å². The topological polar surface area (TPSA) is 36.7 Å². The van der Waals surface area contributed by atoms with Crippen LogP contribution in [0.3, 0.4) is 0 Å². The zero-order chi connectivity index (χ0) is 18.8. The Morgan fingerprint density at radius 3 is 2.35 bits per heavy atom. The van der Waals surface area contributed by atoms with E-state index >= 15 is 0 Å². The lowest BCUT2D eigenvalue weighted by Gasteiger charge is -2.18. The smallest absolute Gasteiger partial charge is 0.227 e. The van der Waals surface area contributed by atoms with E-state index in [0.717, 1.165) is 33.3 Å². The Hall–Kier alpha value is -2.75. The molecule has 1 amide bonds. The fourth-order valence-electron chi connectivity index (χ4n) is 3.08. The summed E-state index contributed by atoms with van der Waals surface area (Å²) < 4.78 is 5.72. The predicted molar refractivity (Wildman–Crippen MR) is 107 cm³/mol. The van der Waals surface area contributed by atoms with Crippen LogP contribution in [0.15, 0.2) is 47.1 Å². The minimum Gasteiger partial charge on any atom is -0.464 e. The van der Waals surface area contributed by atoms with Crippen LogP contribution in [-0.2, 0) is 17.8 Å². The molecule has 1 aromatic heterocycles. The van der Waals surface area contributed by atoms with E-state index in [0.29, 0.717) is 13.0 Å². The van der Waals surface area contributed by atoms with Gasteiger partial charge in [-0.15, -0.1) is 0 Å².